The average molecular weight is 268 g/mol. The molecule has 0 saturated heterocycles. The summed E-state index contributed by atoms with van der Waals surface area (Å²) in [4.78, 5) is 9.07. The van der Waals surface area contributed by atoms with Crippen molar-refractivity contribution < 1.29 is 0 Å². The summed E-state index contributed by atoms with van der Waals surface area (Å²) in [6, 6.07) is 7.53. The van der Waals surface area contributed by atoms with E-state index >= 15 is 0 Å². The molecule has 20 heavy (non-hydrogen) atoms. The van der Waals surface area contributed by atoms with Gasteiger partial charge in [-0.3, -0.25) is 15.5 Å². The molecule has 0 spiro atoms. The number of aromatic nitrogens is 4. The number of hydrogen-bond donors (Lipinski definition) is 2. The lowest BCUT2D eigenvalue weighted by molar-refractivity contribution is 0.561. The van der Waals surface area contributed by atoms with E-state index in [0.717, 1.165) is 28.0 Å². The third kappa shape index (κ3) is 2.04. The number of hydrogen-bond acceptors (Lipinski definition) is 5. The molecule has 6 heteroatoms. The van der Waals surface area contributed by atoms with E-state index in [1.165, 1.54) is 0 Å². The zero-order chi connectivity index (χ0) is 14.1. The molecule has 0 fully saturated rings. The van der Waals surface area contributed by atoms with Gasteiger partial charge in [0.1, 0.15) is 6.04 Å². The highest BCUT2D eigenvalue weighted by Crippen LogP contribution is 2.23. The Morgan fingerprint density at radius 3 is 2.60 bits per heavy atom. The largest absolute Gasteiger partial charge is 0.270 e. The summed E-state index contributed by atoms with van der Waals surface area (Å²) in [6.45, 7) is 2.00. The maximum absolute atomic E-state index is 5.72. The minimum absolute atomic E-state index is 0.236. The SMILES string of the molecule is Cc1cnn(C)c1C(NN)c1cnc2ccccc2n1. The Morgan fingerprint density at radius 1 is 1.20 bits per heavy atom. The van der Waals surface area contributed by atoms with Gasteiger partial charge >= 0.3 is 0 Å². The van der Waals surface area contributed by atoms with Crippen molar-refractivity contribution in [1.29, 1.82) is 0 Å². The van der Waals surface area contributed by atoms with E-state index in [4.69, 9.17) is 5.84 Å². The van der Waals surface area contributed by atoms with Crippen molar-refractivity contribution in [2.75, 3.05) is 0 Å². The zero-order valence-electron chi connectivity index (χ0n) is 11.4. The average Bonchev–Trinajstić information content (AvgIpc) is 2.80. The maximum atomic E-state index is 5.72. The summed E-state index contributed by atoms with van der Waals surface area (Å²) >= 11 is 0. The van der Waals surface area contributed by atoms with Crippen LogP contribution >= 0.6 is 0 Å². The van der Waals surface area contributed by atoms with Crippen molar-refractivity contribution in [2.24, 2.45) is 12.9 Å². The van der Waals surface area contributed by atoms with Gasteiger partial charge < -0.3 is 0 Å². The van der Waals surface area contributed by atoms with Crippen molar-refractivity contribution in [2.45, 2.75) is 13.0 Å². The molecule has 0 bridgehead atoms. The Bertz CT molecular complexity index is 729. The van der Waals surface area contributed by atoms with Crippen molar-refractivity contribution >= 4 is 11.0 Å². The first-order chi connectivity index (χ1) is 9.70. The standard InChI is InChI=1S/C14H16N6/c1-9-7-17-20(2)14(9)13(19-15)12-8-16-10-5-3-4-6-11(10)18-12/h3-8,13,19H,15H2,1-2H3. The molecular formula is C14H16N6. The lowest BCUT2D eigenvalue weighted by atomic mass is 10.1. The van der Waals surface area contributed by atoms with E-state index in [1.807, 2.05) is 44.4 Å². The van der Waals surface area contributed by atoms with E-state index in [2.05, 4.69) is 20.5 Å². The zero-order valence-corrected chi connectivity index (χ0v) is 11.4. The molecule has 1 unspecified atom stereocenters. The van der Waals surface area contributed by atoms with Gasteiger partial charge in [-0.25, -0.2) is 10.4 Å². The molecule has 6 nitrogen and oxygen atoms in total. The van der Waals surface area contributed by atoms with Crippen LogP contribution in [0.15, 0.2) is 36.7 Å². The molecule has 2 aromatic heterocycles. The summed E-state index contributed by atoms with van der Waals surface area (Å²) in [7, 11) is 1.89. The smallest absolute Gasteiger partial charge is 0.107 e. The highest BCUT2D eigenvalue weighted by Gasteiger charge is 2.20. The quantitative estimate of drug-likeness (QED) is 0.551. The molecule has 0 radical (unpaired) electrons. The summed E-state index contributed by atoms with van der Waals surface area (Å²) in [5.74, 6) is 5.72. The monoisotopic (exact) mass is 268 g/mol. The molecule has 2 heterocycles. The Hall–Kier alpha value is -2.31. The third-order valence-corrected chi connectivity index (χ3v) is 3.38. The van der Waals surface area contributed by atoms with Gasteiger partial charge in [0.25, 0.3) is 0 Å². The number of rotatable bonds is 3. The molecule has 0 aliphatic rings. The highest BCUT2D eigenvalue weighted by molar-refractivity contribution is 5.73. The van der Waals surface area contributed by atoms with Crippen LogP contribution in [0.5, 0.6) is 0 Å². The summed E-state index contributed by atoms with van der Waals surface area (Å²) in [6.07, 6.45) is 3.56. The van der Waals surface area contributed by atoms with Gasteiger partial charge in [-0.15, -0.1) is 0 Å². The fourth-order valence-corrected chi connectivity index (χ4v) is 2.39. The fourth-order valence-electron chi connectivity index (χ4n) is 2.39. The van der Waals surface area contributed by atoms with Crippen LogP contribution in [0.25, 0.3) is 11.0 Å². The van der Waals surface area contributed by atoms with Crippen molar-refractivity contribution in [3.63, 3.8) is 0 Å². The van der Waals surface area contributed by atoms with E-state index in [9.17, 15) is 0 Å². The van der Waals surface area contributed by atoms with Gasteiger partial charge in [0, 0.05) is 7.05 Å². The number of para-hydroxylation sites is 2. The fraction of sp³-hybridized carbons (Fsp3) is 0.214. The summed E-state index contributed by atoms with van der Waals surface area (Å²) < 4.78 is 1.80. The molecule has 102 valence electrons. The molecule has 0 saturated carbocycles. The van der Waals surface area contributed by atoms with Crippen molar-refractivity contribution in [1.82, 2.24) is 25.2 Å². The molecule has 0 aliphatic heterocycles. The van der Waals surface area contributed by atoms with Gasteiger partial charge in [-0.2, -0.15) is 5.10 Å². The first-order valence-electron chi connectivity index (χ1n) is 6.37. The molecule has 1 atom stereocenters. The highest BCUT2D eigenvalue weighted by atomic mass is 15.3. The van der Waals surface area contributed by atoms with Gasteiger partial charge in [0.2, 0.25) is 0 Å². The second-order valence-corrected chi connectivity index (χ2v) is 4.72. The minimum atomic E-state index is -0.236. The molecule has 3 rings (SSSR count). The molecule has 0 aliphatic carbocycles. The van der Waals surface area contributed by atoms with Gasteiger partial charge in [-0.1, -0.05) is 12.1 Å². The van der Waals surface area contributed by atoms with Gasteiger partial charge in [0.05, 0.1) is 34.8 Å². The summed E-state index contributed by atoms with van der Waals surface area (Å²) in [5.41, 5.74) is 7.34. The van der Waals surface area contributed by atoms with Gasteiger partial charge in [0.15, 0.2) is 0 Å². The minimum Gasteiger partial charge on any atom is -0.270 e. The number of aryl methyl sites for hydroxylation is 2. The Kier molecular flexibility index (Phi) is 3.17. The van der Waals surface area contributed by atoms with E-state index in [-0.39, 0.29) is 6.04 Å². The predicted octanol–water partition coefficient (Wildman–Crippen LogP) is 1.22. The number of nitrogens with two attached hydrogens (primary N) is 1. The van der Waals surface area contributed by atoms with Crippen LogP contribution in [0.2, 0.25) is 0 Å². The number of nitrogens with zero attached hydrogens (tertiary/aromatic N) is 4. The lowest BCUT2D eigenvalue weighted by Crippen LogP contribution is -2.31. The second kappa shape index (κ2) is 4.99. The molecule has 0 amide bonds. The van der Waals surface area contributed by atoms with Crippen LogP contribution < -0.4 is 11.3 Å². The second-order valence-electron chi connectivity index (χ2n) is 4.72. The van der Waals surface area contributed by atoms with Crippen LogP contribution in [-0.2, 0) is 7.05 Å². The van der Waals surface area contributed by atoms with E-state index < -0.39 is 0 Å². The molecular weight excluding hydrogens is 252 g/mol. The van der Waals surface area contributed by atoms with Crippen LogP contribution in [0.3, 0.4) is 0 Å². The Balaban J connectivity index is 2.12. The van der Waals surface area contributed by atoms with Crippen LogP contribution in [0.1, 0.15) is 23.0 Å². The molecule has 3 aromatic rings. The lowest BCUT2D eigenvalue weighted by Gasteiger charge is -2.17. The number of nitrogens with one attached hydrogen (secondary N) is 1. The first kappa shape index (κ1) is 12.7. The Morgan fingerprint density at radius 2 is 1.95 bits per heavy atom. The van der Waals surface area contributed by atoms with Crippen molar-refractivity contribution in [3.05, 3.63) is 53.6 Å². The Labute approximate surface area is 116 Å². The van der Waals surface area contributed by atoms with E-state index in [0.29, 0.717) is 0 Å². The van der Waals surface area contributed by atoms with Crippen LogP contribution in [-0.4, -0.2) is 19.7 Å². The van der Waals surface area contributed by atoms with E-state index in [1.54, 1.807) is 10.9 Å². The molecule has 3 N–H and O–H groups in total. The first-order valence-corrected chi connectivity index (χ1v) is 6.37. The van der Waals surface area contributed by atoms with Crippen LogP contribution in [0, 0.1) is 6.92 Å². The summed E-state index contributed by atoms with van der Waals surface area (Å²) in [5, 5.41) is 4.25. The molecule has 1 aromatic carbocycles. The van der Waals surface area contributed by atoms with Crippen LogP contribution in [0.4, 0.5) is 0 Å². The predicted molar refractivity (Wildman–Crippen MR) is 76.6 cm³/mol. The number of hydrazine groups is 1. The third-order valence-electron chi connectivity index (χ3n) is 3.38. The topological polar surface area (TPSA) is 81.7 Å². The normalized spacial score (nSPS) is 12.8. The maximum Gasteiger partial charge on any atom is 0.107 e. The number of benzene rings is 1. The number of fused-ring (bicyclic) bond motifs is 1. The van der Waals surface area contributed by atoms with Gasteiger partial charge in [-0.05, 0) is 24.6 Å². The van der Waals surface area contributed by atoms with Crippen molar-refractivity contribution in [3.8, 4) is 0 Å².